The molecule has 0 radical (unpaired) electrons. The Hall–Kier alpha value is -1.88. The molecule has 0 saturated carbocycles. The Kier molecular flexibility index (Phi) is 8.48. The molecule has 8 nitrogen and oxygen atoms in total. The lowest BCUT2D eigenvalue weighted by Gasteiger charge is -2.19. The minimum absolute atomic E-state index is 0.0231. The minimum Gasteiger partial charge on any atom is -0.394 e. The molecule has 1 aromatic carbocycles. The number of benzene rings is 1. The van der Waals surface area contributed by atoms with Crippen LogP contribution in [0, 0.1) is 11.7 Å². The van der Waals surface area contributed by atoms with Crippen molar-refractivity contribution in [3.63, 3.8) is 0 Å². The van der Waals surface area contributed by atoms with E-state index >= 15 is 0 Å². The van der Waals surface area contributed by atoms with E-state index in [1.807, 2.05) is 13.8 Å². The molecular formula is C19H27ClFN5O3S. The van der Waals surface area contributed by atoms with Gasteiger partial charge in [0.15, 0.2) is 5.82 Å². The van der Waals surface area contributed by atoms with Crippen molar-refractivity contribution in [1.82, 2.24) is 15.0 Å². The summed E-state index contributed by atoms with van der Waals surface area (Å²) in [7, 11) is -3.86. The summed E-state index contributed by atoms with van der Waals surface area (Å²) in [6, 6.07) is 3.98. The highest BCUT2D eigenvalue weighted by molar-refractivity contribution is 7.88. The predicted molar refractivity (Wildman–Crippen MR) is 114 cm³/mol. The molecule has 0 aliphatic rings. The van der Waals surface area contributed by atoms with Crippen molar-refractivity contribution in [3.05, 3.63) is 46.3 Å². The van der Waals surface area contributed by atoms with Gasteiger partial charge in [0.1, 0.15) is 17.4 Å². The maximum Gasteiger partial charge on any atom is 0.226 e. The van der Waals surface area contributed by atoms with Gasteiger partial charge in [-0.1, -0.05) is 32.4 Å². The number of primary sulfonamides is 1. The molecule has 0 unspecified atom stereocenters. The number of hydrogen-bond donors (Lipinski definition) is 3. The monoisotopic (exact) mass is 459 g/mol. The van der Waals surface area contributed by atoms with Crippen molar-refractivity contribution in [2.75, 3.05) is 11.9 Å². The first kappa shape index (κ1) is 24.4. The quantitative estimate of drug-likeness (QED) is 0.497. The van der Waals surface area contributed by atoms with Crippen LogP contribution >= 0.6 is 11.6 Å². The third kappa shape index (κ3) is 7.75. The molecule has 4 N–H and O–H groups in total. The van der Waals surface area contributed by atoms with Gasteiger partial charge in [-0.2, -0.15) is 9.97 Å². The van der Waals surface area contributed by atoms with Crippen LogP contribution in [-0.2, 0) is 22.2 Å². The summed E-state index contributed by atoms with van der Waals surface area (Å²) in [5.41, 5.74) is 0.401. The smallest absolute Gasteiger partial charge is 0.226 e. The lowest BCUT2D eigenvalue weighted by atomic mass is 9.97. The van der Waals surface area contributed by atoms with Gasteiger partial charge in [-0.3, -0.25) is 0 Å². The van der Waals surface area contributed by atoms with Crippen LogP contribution in [0.25, 0.3) is 0 Å². The zero-order valence-corrected chi connectivity index (χ0v) is 18.7. The van der Waals surface area contributed by atoms with Gasteiger partial charge in [-0.05, 0) is 42.0 Å². The van der Waals surface area contributed by atoms with E-state index in [0.717, 1.165) is 0 Å². The summed E-state index contributed by atoms with van der Waals surface area (Å²) in [5.74, 6) is -0.593. The Morgan fingerprint density at radius 2 is 1.87 bits per heavy atom. The fourth-order valence-electron chi connectivity index (χ4n) is 3.08. The number of aliphatic hydroxyl groups is 1. The lowest BCUT2D eigenvalue weighted by molar-refractivity contribution is 0.259. The minimum atomic E-state index is -3.86. The van der Waals surface area contributed by atoms with Crippen molar-refractivity contribution in [3.8, 4) is 0 Å². The lowest BCUT2D eigenvalue weighted by Crippen LogP contribution is -2.28. The second-order valence-electron chi connectivity index (χ2n) is 7.72. The standard InChI is InChI=1S/C19H27ClFN5O3S/c1-11(2)6-14(9-27)23-19-25-17(24-18(26-19)10-30(22,28)29)7-12(3)15-8-13(20)4-5-16(15)21/h4-5,8,11-12,14,27H,6-7,9-10H2,1-3H3,(H2,22,28,29)(H,23,24,25,26)/t12-,14+/m0/s1. The summed E-state index contributed by atoms with van der Waals surface area (Å²) in [6.07, 6.45) is 0.881. The van der Waals surface area contributed by atoms with Crippen molar-refractivity contribution >= 4 is 27.6 Å². The number of rotatable bonds is 10. The second kappa shape index (κ2) is 10.4. The maximum absolute atomic E-state index is 14.2. The third-order valence-electron chi connectivity index (χ3n) is 4.35. The Balaban J connectivity index is 2.34. The highest BCUT2D eigenvalue weighted by Crippen LogP contribution is 2.25. The number of anilines is 1. The molecule has 0 spiro atoms. The molecule has 0 amide bonds. The molecule has 166 valence electrons. The number of aliphatic hydroxyl groups excluding tert-OH is 1. The van der Waals surface area contributed by atoms with E-state index in [0.29, 0.717) is 22.9 Å². The van der Waals surface area contributed by atoms with Crippen molar-refractivity contribution in [2.24, 2.45) is 11.1 Å². The molecule has 2 aromatic rings. The van der Waals surface area contributed by atoms with Crippen LogP contribution in [0.3, 0.4) is 0 Å². The van der Waals surface area contributed by atoms with Gasteiger partial charge < -0.3 is 10.4 Å². The normalized spacial score (nSPS) is 14.0. The molecule has 0 aliphatic heterocycles. The number of nitrogens with two attached hydrogens (primary N) is 1. The van der Waals surface area contributed by atoms with Gasteiger partial charge in [-0.25, -0.2) is 22.9 Å². The van der Waals surface area contributed by atoms with Gasteiger partial charge in [0, 0.05) is 11.4 Å². The van der Waals surface area contributed by atoms with Gasteiger partial charge >= 0.3 is 0 Å². The molecule has 2 atom stereocenters. The zero-order chi connectivity index (χ0) is 22.5. The van der Waals surface area contributed by atoms with E-state index in [9.17, 15) is 17.9 Å². The molecule has 1 heterocycles. The number of hydrogen-bond acceptors (Lipinski definition) is 7. The largest absolute Gasteiger partial charge is 0.394 e. The SMILES string of the molecule is CC(C)C[C@H](CO)Nc1nc(C[C@H](C)c2cc(Cl)ccc2F)nc(CS(N)(=O)=O)n1. The fourth-order valence-corrected chi connectivity index (χ4v) is 3.75. The molecule has 30 heavy (non-hydrogen) atoms. The average Bonchev–Trinajstić information content (AvgIpc) is 2.61. The number of halogens is 2. The third-order valence-corrected chi connectivity index (χ3v) is 5.24. The summed E-state index contributed by atoms with van der Waals surface area (Å²) < 4.78 is 37.2. The Morgan fingerprint density at radius 1 is 1.20 bits per heavy atom. The van der Waals surface area contributed by atoms with Crippen molar-refractivity contribution in [2.45, 2.75) is 51.3 Å². The van der Waals surface area contributed by atoms with Crippen molar-refractivity contribution in [1.29, 1.82) is 0 Å². The van der Waals surface area contributed by atoms with Gasteiger partial charge in [-0.15, -0.1) is 0 Å². The summed E-state index contributed by atoms with van der Waals surface area (Å²) >= 11 is 5.98. The molecule has 0 bridgehead atoms. The summed E-state index contributed by atoms with van der Waals surface area (Å²) in [4.78, 5) is 12.7. The first-order valence-electron chi connectivity index (χ1n) is 9.53. The van der Waals surface area contributed by atoms with E-state index in [4.69, 9.17) is 16.7 Å². The predicted octanol–water partition coefficient (Wildman–Crippen LogP) is 2.62. The molecule has 1 aromatic heterocycles. The van der Waals surface area contributed by atoms with E-state index in [2.05, 4.69) is 20.3 Å². The fraction of sp³-hybridized carbons (Fsp3) is 0.526. The van der Waals surface area contributed by atoms with E-state index in [1.54, 1.807) is 6.92 Å². The molecule has 11 heteroatoms. The number of aromatic nitrogens is 3. The van der Waals surface area contributed by atoms with Crippen LogP contribution in [0.5, 0.6) is 0 Å². The van der Waals surface area contributed by atoms with Crippen LogP contribution in [0.4, 0.5) is 10.3 Å². The molecule has 0 fully saturated rings. The van der Waals surface area contributed by atoms with E-state index in [1.165, 1.54) is 18.2 Å². The van der Waals surface area contributed by atoms with Gasteiger partial charge in [0.2, 0.25) is 16.0 Å². The number of sulfonamides is 1. The van der Waals surface area contributed by atoms with Crippen LogP contribution < -0.4 is 10.5 Å². The maximum atomic E-state index is 14.2. The van der Waals surface area contributed by atoms with Crippen LogP contribution in [0.15, 0.2) is 18.2 Å². The first-order valence-corrected chi connectivity index (χ1v) is 11.6. The average molecular weight is 460 g/mol. The highest BCUT2D eigenvalue weighted by atomic mass is 35.5. The topological polar surface area (TPSA) is 131 Å². The highest BCUT2D eigenvalue weighted by Gasteiger charge is 2.19. The van der Waals surface area contributed by atoms with E-state index in [-0.39, 0.29) is 42.6 Å². The summed E-state index contributed by atoms with van der Waals surface area (Å²) in [5, 5.41) is 18.2. The van der Waals surface area contributed by atoms with Gasteiger partial charge in [0.05, 0.1) is 12.6 Å². The van der Waals surface area contributed by atoms with Crippen molar-refractivity contribution < 1.29 is 17.9 Å². The number of nitrogens with zero attached hydrogens (tertiary/aromatic N) is 3. The number of nitrogens with one attached hydrogen (secondary N) is 1. The molecular weight excluding hydrogens is 433 g/mol. The van der Waals surface area contributed by atoms with Crippen LogP contribution in [0.2, 0.25) is 5.02 Å². The zero-order valence-electron chi connectivity index (χ0n) is 17.1. The molecule has 0 saturated heterocycles. The van der Waals surface area contributed by atoms with E-state index < -0.39 is 21.6 Å². The van der Waals surface area contributed by atoms with Crippen LogP contribution in [-0.4, -0.2) is 41.1 Å². The Morgan fingerprint density at radius 3 is 2.47 bits per heavy atom. The molecule has 2 rings (SSSR count). The van der Waals surface area contributed by atoms with Gasteiger partial charge in [0.25, 0.3) is 0 Å². The first-order chi connectivity index (χ1) is 14.0. The Labute approximate surface area is 181 Å². The van der Waals surface area contributed by atoms with Crippen LogP contribution in [0.1, 0.15) is 50.3 Å². The second-order valence-corrected chi connectivity index (χ2v) is 9.77. The molecule has 0 aliphatic carbocycles. The summed E-state index contributed by atoms with van der Waals surface area (Å²) in [6.45, 7) is 5.67. The Bertz CT molecular complexity index is 975.